The number of unbranched alkanes of at least 4 members (excludes halogenated alkanes) is 4. The summed E-state index contributed by atoms with van der Waals surface area (Å²) in [6, 6.07) is 0. The minimum absolute atomic E-state index is 0.228. The number of primary amides is 1. The molecule has 0 fully saturated rings. The number of hydrogen-bond donors (Lipinski definition) is 1. The Morgan fingerprint density at radius 3 is 2.12 bits per heavy atom. The van der Waals surface area contributed by atoms with Crippen LogP contribution in [0.5, 0.6) is 0 Å². The first-order chi connectivity index (χ1) is 8.13. The minimum atomic E-state index is -0.455. The maximum Gasteiger partial charge on any atom is 0.225 e. The van der Waals surface area contributed by atoms with Crippen LogP contribution in [-0.4, -0.2) is 19.1 Å². The van der Waals surface area contributed by atoms with E-state index in [4.69, 9.17) is 10.5 Å². The molecule has 102 valence electrons. The largest absolute Gasteiger partial charge is 0.380 e. The third kappa shape index (κ3) is 6.06. The lowest BCUT2D eigenvalue weighted by atomic mass is 9.82. The second-order valence-electron chi connectivity index (χ2n) is 4.82. The SMILES string of the molecule is CCCCCCCOCC(CC)(CC)C(N)=O. The van der Waals surface area contributed by atoms with Crippen LogP contribution in [0, 0.1) is 5.41 Å². The topological polar surface area (TPSA) is 52.3 Å². The van der Waals surface area contributed by atoms with Crippen LogP contribution in [0.15, 0.2) is 0 Å². The lowest BCUT2D eigenvalue weighted by molar-refractivity contribution is -0.132. The highest BCUT2D eigenvalue weighted by molar-refractivity contribution is 5.80. The van der Waals surface area contributed by atoms with Crippen molar-refractivity contribution in [1.29, 1.82) is 0 Å². The molecule has 3 heteroatoms. The van der Waals surface area contributed by atoms with Crippen molar-refractivity contribution in [2.45, 2.75) is 65.7 Å². The first-order valence-corrected chi connectivity index (χ1v) is 7.00. The molecule has 0 aliphatic rings. The Kier molecular flexibility index (Phi) is 9.14. The minimum Gasteiger partial charge on any atom is -0.380 e. The van der Waals surface area contributed by atoms with Crippen LogP contribution in [0.3, 0.4) is 0 Å². The Bertz CT molecular complexity index is 200. The number of carbonyl (C=O) groups is 1. The summed E-state index contributed by atoms with van der Waals surface area (Å²) < 4.78 is 5.62. The van der Waals surface area contributed by atoms with E-state index < -0.39 is 5.41 Å². The molecule has 0 aromatic heterocycles. The molecule has 0 aromatic rings. The van der Waals surface area contributed by atoms with E-state index >= 15 is 0 Å². The Balaban J connectivity index is 3.73. The van der Waals surface area contributed by atoms with Crippen molar-refractivity contribution in [3.63, 3.8) is 0 Å². The monoisotopic (exact) mass is 243 g/mol. The molecule has 2 N–H and O–H groups in total. The summed E-state index contributed by atoms with van der Waals surface area (Å²) in [5, 5.41) is 0. The Morgan fingerprint density at radius 1 is 1.06 bits per heavy atom. The summed E-state index contributed by atoms with van der Waals surface area (Å²) in [6.45, 7) is 7.43. The van der Waals surface area contributed by atoms with E-state index in [1.807, 2.05) is 13.8 Å². The number of carbonyl (C=O) groups excluding carboxylic acids is 1. The molecule has 0 heterocycles. The van der Waals surface area contributed by atoms with E-state index in [0.29, 0.717) is 6.61 Å². The average molecular weight is 243 g/mol. The van der Waals surface area contributed by atoms with Crippen molar-refractivity contribution in [3.8, 4) is 0 Å². The first-order valence-electron chi connectivity index (χ1n) is 7.00. The van der Waals surface area contributed by atoms with E-state index in [1.54, 1.807) is 0 Å². The fourth-order valence-electron chi connectivity index (χ4n) is 1.95. The van der Waals surface area contributed by atoms with Gasteiger partial charge in [0.25, 0.3) is 0 Å². The van der Waals surface area contributed by atoms with Crippen LogP contribution in [0.1, 0.15) is 65.7 Å². The average Bonchev–Trinajstić information content (AvgIpc) is 2.33. The van der Waals surface area contributed by atoms with Gasteiger partial charge in [0.15, 0.2) is 0 Å². The second kappa shape index (κ2) is 9.46. The van der Waals surface area contributed by atoms with Gasteiger partial charge < -0.3 is 10.5 Å². The summed E-state index contributed by atoms with van der Waals surface area (Å²) in [6.07, 6.45) is 7.66. The van der Waals surface area contributed by atoms with Crippen molar-refractivity contribution >= 4 is 5.91 Å². The molecular weight excluding hydrogens is 214 g/mol. The Hall–Kier alpha value is -0.570. The third-order valence-electron chi connectivity index (χ3n) is 3.65. The van der Waals surface area contributed by atoms with Crippen molar-refractivity contribution in [3.05, 3.63) is 0 Å². The molecule has 0 aromatic carbocycles. The van der Waals surface area contributed by atoms with Crippen LogP contribution in [0.4, 0.5) is 0 Å². The zero-order chi connectivity index (χ0) is 13.1. The molecule has 0 saturated heterocycles. The van der Waals surface area contributed by atoms with Gasteiger partial charge >= 0.3 is 0 Å². The van der Waals surface area contributed by atoms with Gasteiger partial charge in [-0.25, -0.2) is 0 Å². The zero-order valence-corrected chi connectivity index (χ0v) is 11.8. The number of nitrogens with two attached hydrogens (primary N) is 1. The summed E-state index contributed by atoms with van der Waals surface area (Å²) in [7, 11) is 0. The maximum absolute atomic E-state index is 11.4. The lowest BCUT2D eigenvalue weighted by Gasteiger charge is -2.27. The maximum atomic E-state index is 11.4. The van der Waals surface area contributed by atoms with Gasteiger partial charge in [-0.15, -0.1) is 0 Å². The normalized spacial score (nSPS) is 11.7. The molecule has 0 spiro atoms. The van der Waals surface area contributed by atoms with Crippen LogP contribution >= 0.6 is 0 Å². The number of amides is 1. The van der Waals surface area contributed by atoms with Gasteiger partial charge in [-0.2, -0.15) is 0 Å². The molecule has 1 amide bonds. The van der Waals surface area contributed by atoms with Crippen LogP contribution in [-0.2, 0) is 9.53 Å². The van der Waals surface area contributed by atoms with E-state index in [-0.39, 0.29) is 5.91 Å². The highest BCUT2D eigenvalue weighted by Crippen LogP contribution is 2.26. The molecule has 0 atom stereocenters. The highest BCUT2D eigenvalue weighted by Gasteiger charge is 2.32. The molecule has 0 unspecified atom stereocenters. The van der Waals surface area contributed by atoms with Gasteiger partial charge in [0.1, 0.15) is 0 Å². The summed E-state index contributed by atoms with van der Waals surface area (Å²) >= 11 is 0. The molecule has 0 rings (SSSR count). The molecular formula is C14H29NO2. The highest BCUT2D eigenvalue weighted by atomic mass is 16.5. The number of rotatable bonds is 11. The van der Waals surface area contributed by atoms with Gasteiger partial charge in [0, 0.05) is 6.61 Å². The fraction of sp³-hybridized carbons (Fsp3) is 0.929. The summed E-state index contributed by atoms with van der Waals surface area (Å²) in [5.74, 6) is -0.228. The van der Waals surface area contributed by atoms with E-state index in [9.17, 15) is 4.79 Å². The molecule has 3 nitrogen and oxygen atoms in total. The summed E-state index contributed by atoms with van der Waals surface area (Å²) in [5.41, 5.74) is 5.00. The number of ether oxygens (including phenoxy) is 1. The lowest BCUT2D eigenvalue weighted by Crippen LogP contribution is -2.40. The van der Waals surface area contributed by atoms with E-state index in [2.05, 4.69) is 6.92 Å². The zero-order valence-electron chi connectivity index (χ0n) is 11.8. The predicted molar refractivity (Wildman–Crippen MR) is 71.8 cm³/mol. The van der Waals surface area contributed by atoms with Crippen molar-refractivity contribution in [2.24, 2.45) is 11.1 Å². The fourth-order valence-corrected chi connectivity index (χ4v) is 1.95. The molecule has 0 aliphatic carbocycles. The summed E-state index contributed by atoms with van der Waals surface area (Å²) in [4.78, 5) is 11.4. The van der Waals surface area contributed by atoms with Gasteiger partial charge in [0.2, 0.25) is 5.91 Å². The van der Waals surface area contributed by atoms with Gasteiger partial charge in [-0.1, -0.05) is 46.5 Å². The smallest absolute Gasteiger partial charge is 0.225 e. The first kappa shape index (κ1) is 16.4. The van der Waals surface area contributed by atoms with Crippen LogP contribution in [0.2, 0.25) is 0 Å². The van der Waals surface area contributed by atoms with Gasteiger partial charge in [0.05, 0.1) is 12.0 Å². The van der Waals surface area contributed by atoms with Crippen molar-refractivity contribution in [1.82, 2.24) is 0 Å². The quantitative estimate of drug-likeness (QED) is 0.566. The number of hydrogen-bond acceptors (Lipinski definition) is 2. The van der Waals surface area contributed by atoms with Gasteiger partial charge in [-0.3, -0.25) is 4.79 Å². The van der Waals surface area contributed by atoms with Crippen LogP contribution < -0.4 is 5.73 Å². The second-order valence-corrected chi connectivity index (χ2v) is 4.82. The molecule has 0 aliphatic heterocycles. The Labute approximate surface area is 106 Å². The standard InChI is InChI=1S/C14H29NO2/c1-4-7-8-9-10-11-17-12-14(5-2,6-3)13(15)16/h4-12H2,1-3H3,(H2,15,16). The van der Waals surface area contributed by atoms with Gasteiger partial charge in [-0.05, 0) is 19.3 Å². The molecule has 0 saturated carbocycles. The third-order valence-corrected chi connectivity index (χ3v) is 3.65. The van der Waals surface area contributed by atoms with Crippen LogP contribution in [0.25, 0.3) is 0 Å². The van der Waals surface area contributed by atoms with Crippen molar-refractivity contribution in [2.75, 3.05) is 13.2 Å². The van der Waals surface area contributed by atoms with Crippen molar-refractivity contribution < 1.29 is 9.53 Å². The molecule has 17 heavy (non-hydrogen) atoms. The van der Waals surface area contributed by atoms with E-state index in [1.165, 1.54) is 25.7 Å². The predicted octanol–water partition coefficient (Wildman–Crippen LogP) is 3.27. The van der Waals surface area contributed by atoms with E-state index in [0.717, 1.165) is 25.9 Å². The molecule has 0 radical (unpaired) electrons. The Morgan fingerprint density at radius 2 is 1.65 bits per heavy atom. The molecule has 0 bridgehead atoms.